The molecule has 4 aromatic rings. The lowest BCUT2D eigenvalue weighted by Gasteiger charge is -2.22. The number of amides is 1. The van der Waals surface area contributed by atoms with Crippen molar-refractivity contribution < 1.29 is 9.21 Å². The third kappa shape index (κ3) is 2.69. The number of fused-ring (bicyclic) bond motifs is 2. The molecule has 0 aliphatic carbocycles. The summed E-state index contributed by atoms with van der Waals surface area (Å²) in [4.78, 5) is 28.2. The highest BCUT2D eigenvalue weighted by atomic mass is 32.1. The molecule has 0 fully saturated rings. The molecule has 1 aliphatic rings. The molecule has 3 heterocycles. The first-order valence-electron chi connectivity index (χ1n) is 9.31. The van der Waals surface area contributed by atoms with Gasteiger partial charge in [0.15, 0.2) is 5.43 Å². The summed E-state index contributed by atoms with van der Waals surface area (Å²) in [5, 5.41) is 8.85. The van der Waals surface area contributed by atoms with Crippen LogP contribution in [0.4, 0.5) is 5.13 Å². The minimum Gasteiger partial charge on any atom is -0.450 e. The number of para-hydroxylation sites is 1. The van der Waals surface area contributed by atoms with Gasteiger partial charge in [0.05, 0.1) is 17.0 Å². The maximum atomic E-state index is 13.4. The first-order valence-corrected chi connectivity index (χ1v) is 10.2. The van der Waals surface area contributed by atoms with Crippen molar-refractivity contribution in [3.63, 3.8) is 0 Å². The van der Waals surface area contributed by atoms with E-state index in [2.05, 4.69) is 24.0 Å². The molecule has 0 bridgehead atoms. The average molecular weight is 403 g/mol. The summed E-state index contributed by atoms with van der Waals surface area (Å²) in [6.45, 7) is 4.25. The first-order chi connectivity index (χ1) is 14.1. The van der Waals surface area contributed by atoms with Gasteiger partial charge in [-0.05, 0) is 29.2 Å². The summed E-state index contributed by atoms with van der Waals surface area (Å²) in [6.07, 6.45) is 0. The van der Waals surface area contributed by atoms with Crippen LogP contribution >= 0.6 is 11.3 Å². The Morgan fingerprint density at radius 2 is 1.83 bits per heavy atom. The van der Waals surface area contributed by atoms with Crippen molar-refractivity contribution in [2.45, 2.75) is 25.8 Å². The van der Waals surface area contributed by atoms with Gasteiger partial charge in [-0.25, -0.2) is 0 Å². The topological polar surface area (TPSA) is 76.3 Å². The summed E-state index contributed by atoms with van der Waals surface area (Å²) in [5.41, 5.74) is 4.14. The summed E-state index contributed by atoms with van der Waals surface area (Å²) < 4.78 is 5.90. The fraction of sp³-hybridized carbons (Fsp3) is 0.182. The number of carbonyl (C=O) groups is 1. The number of carbonyl (C=O) groups excluding carboxylic acids is 1. The molecule has 5 rings (SSSR count). The molecule has 0 saturated carbocycles. The number of hydrogen-bond donors (Lipinski definition) is 0. The third-order valence-corrected chi connectivity index (χ3v) is 5.94. The van der Waals surface area contributed by atoms with Gasteiger partial charge in [-0.2, -0.15) is 0 Å². The minimum atomic E-state index is -0.604. The molecule has 1 amide bonds. The van der Waals surface area contributed by atoms with Gasteiger partial charge in [-0.3, -0.25) is 14.5 Å². The van der Waals surface area contributed by atoms with Crippen LogP contribution in [0.1, 0.15) is 53.1 Å². The second-order valence-electron chi connectivity index (χ2n) is 7.29. The Morgan fingerprint density at radius 1 is 1.07 bits per heavy atom. The Bertz CT molecular complexity index is 1280. The van der Waals surface area contributed by atoms with Crippen LogP contribution in [0.25, 0.3) is 11.0 Å². The number of nitrogens with zero attached hydrogens (tertiary/aromatic N) is 3. The van der Waals surface area contributed by atoms with Crippen molar-refractivity contribution in [1.82, 2.24) is 10.2 Å². The van der Waals surface area contributed by atoms with E-state index in [1.807, 2.05) is 24.3 Å². The van der Waals surface area contributed by atoms with Crippen molar-refractivity contribution in [3.8, 4) is 0 Å². The molecule has 1 unspecified atom stereocenters. The standard InChI is InChI=1S/C22H17N3O3S/c1-12(2)13-7-9-14(10-8-13)18-17-19(26)15-5-3-4-6-16(15)28-20(17)21(27)25(18)22-24-23-11-29-22/h3-12,18H,1-2H3. The van der Waals surface area contributed by atoms with Gasteiger partial charge in [0.25, 0.3) is 5.91 Å². The zero-order valence-corrected chi connectivity index (χ0v) is 16.6. The van der Waals surface area contributed by atoms with Crippen molar-refractivity contribution in [2.75, 3.05) is 4.90 Å². The number of aromatic nitrogens is 2. The normalized spacial score (nSPS) is 16.0. The van der Waals surface area contributed by atoms with Crippen LogP contribution in [-0.2, 0) is 0 Å². The smallest absolute Gasteiger partial charge is 0.297 e. The molecule has 0 spiro atoms. The SMILES string of the molecule is CC(C)c1ccc(C2c3c(oc4ccccc4c3=O)C(=O)N2c2nncs2)cc1. The molecule has 0 saturated heterocycles. The Hall–Kier alpha value is -3.32. The Kier molecular flexibility index (Phi) is 4.06. The molecular weight excluding hydrogens is 386 g/mol. The molecule has 29 heavy (non-hydrogen) atoms. The second-order valence-corrected chi connectivity index (χ2v) is 8.10. The zero-order chi connectivity index (χ0) is 20.1. The lowest BCUT2D eigenvalue weighted by molar-refractivity contribution is 0.0970. The summed E-state index contributed by atoms with van der Waals surface area (Å²) in [7, 11) is 0. The first kappa shape index (κ1) is 17.8. The van der Waals surface area contributed by atoms with Gasteiger partial charge in [-0.15, -0.1) is 10.2 Å². The van der Waals surface area contributed by atoms with Crippen molar-refractivity contribution in [1.29, 1.82) is 0 Å². The Labute approximate surface area is 170 Å². The van der Waals surface area contributed by atoms with Gasteiger partial charge >= 0.3 is 0 Å². The third-order valence-electron chi connectivity index (χ3n) is 5.25. The second kappa shape index (κ2) is 6.63. The molecule has 144 valence electrons. The van der Waals surface area contributed by atoms with E-state index in [1.165, 1.54) is 21.8 Å². The lowest BCUT2D eigenvalue weighted by Crippen LogP contribution is -2.29. The molecule has 0 radical (unpaired) electrons. The molecule has 0 N–H and O–H groups in total. The van der Waals surface area contributed by atoms with Gasteiger partial charge in [0, 0.05) is 0 Å². The maximum Gasteiger partial charge on any atom is 0.297 e. The highest BCUT2D eigenvalue weighted by molar-refractivity contribution is 7.13. The van der Waals surface area contributed by atoms with E-state index in [-0.39, 0.29) is 17.1 Å². The lowest BCUT2D eigenvalue weighted by atomic mass is 9.95. The van der Waals surface area contributed by atoms with Crippen LogP contribution in [0.5, 0.6) is 0 Å². The Balaban J connectivity index is 1.77. The van der Waals surface area contributed by atoms with Crippen LogP contribution in [0.2, 0.25) is 0 Å². The summed E-state index contributed by atoms with van der Waals surface area (Å²) in [6, 6.07) is 14.4. The maximum absolute atomic E-state index is 13.4. The number of rotatable bonds is 3. The van der Waals surface area contributed by atoms with E-state index >= 15 is 0 Å². The quantitative estimate of drug-likeness (QED) is 0.503. The average Bonchev–Trinajstić information content (AvgIpc) is 3.35. The van der Waals surface area contributed by atoms with E-state index in [0.717, 1.165) is 5.56 Å². The van der Waals surface area contributed by atoms with Crippen molar-refractivity contribution in [2.24, 2.45) is 0 Å². The van der Waals surface area contributed by atoms with Gasteiger partial charge in [-0.1, -0.05) is 61.6 Å². The van der Waals surface area contributed by atoms with Crippen molar-refractivity contribution in [3.05, 3.63) is 86.7 Å². The van der Waals surface area contributed by atoms with Gasteiger partial charge in [0.2, 0.25) is 10.9 Å². The summed E-state index contributed by atoms with van der Waals surface area (Å²) >= 11 is 1.25. The van der Waals surface area contributed by atoms with Crippen LogP contribution in [0.3, 0.4) is 0 Å². The number of anilines is 1. The van der Waals surface area contributed by atoms with E-state index in [1.54, 1.807) is 29.8 Å². The highest BCUT2D eigenvalue weighted by Crippen LogP contribution is 2.41. The monoisotopic (exact) mass is 403 g/mol. The number of benzene rings is 2. The van der Waals surface area contributed by atoms with E-state index < -0.39 is 6.04 Å². The molecular formula is C22H17N3O3S. The largest absolute Gasteiger partial charge is 0.450 e. The van der Waals surface area contributed by atoms with E-state index in [9.17, 15) is 9.59 Å². The molecule has 2 aromatic heterocycles. The van der Waals surface area contributed by atoms with E-state index in [4.69, 9.17) is 4.42 Å². The molecule has 2 aromatic carbocycles. The number of hydrogen-bond acceptors (Lipinski definition) is 6. The fourth-order valence-corrected chi connectivity index (χ4v) is 4.35. The Morgan fingerprint density at radius 3 is 2.52 bits per heavy atom. The molecule has 6 nitrogen and oxygen atoms in total. The summed E-state index contributed by atoms with van der Waals surface area (Å²) in [5.74, 6) is 0.0780. The van der Waals surface area contributed by atoms with Crippen LogP contribution < -0.4 is 10.3 Å². The predicted octanol–water partition coefficient (Wildman–Crippen LogP) is 4.52. The highest BCUT2D eigenvalue weighted by Gasteiger charge is 2.44. The molecule has 7 heteroatoms. The van der Waals surface area contributed by atoms with Gasteiger partial charge < -0.3 is 4.42 Å². The molecule has 1 atom stereocenters. The van der Waals surface area contributed by atoms with Crippen LogP contribution in [-0.4, -0.2) is 16.1 Å². The fourth-order valence-electron chi connectivity index (χ4n) is 3.77. The van der Waals surface area contributed by atoms with Crippen molar-refractivity contribution >= 4 is 33.3 Å². The van der Waals surface area contributed by atoms with Crippen LogP contribution in [0.15, 0.2) is 63.3 Å². The zero-order valence-electron chi connectivity index (χ0n) is 15.8. The van der Waals surface area contributed by atoms with Gasteiger partial charge in [0.1, 0.15) is 11.1 Å². The van der Waals surface area contributed by atoms with E-state index in [0.29, 0.717) is 27.6 Å². The predicted molar refractivity (Wildman–Crippen MR) is 112 cm³/mol. The minimum absolute atomic E-state index is 0.0711. The van der Waals surface area contributed by atoms with Crippen LogP contribution in [0, 0.1) is 0 Å². The molecule has 1 aliphatic heterocycles.